The summed E-state index contributed by atoms with van der Waals surface area (Å²) in [5.41, 5.74) is 1.45. The van der Waals surface area contributed by atoms with Gasteiger partial charge in [-0.2, -0.15) is 5.10 Å². The van der Waals surface area contributed by atoms with E-state index < -0.39 is 0 Å². The number of likely N-dealkylation sites (tertiary alicyclic amines) is 1. The van der Waals surface area contributed by atoms with Crippen molar-refractivity contribution in [2.24, 2.45) is 7.05 Å². The minimum absolute atomic E-state index is 0.0145. The Hall–Kier alpha value is -2.83. The highest BCUT2D eigenvalue weighted by molar-refractivity contribution is 5.98. The second kappa shape index (κ2) is 6.96. The summed E-state index contributed by atoms with van der Waals surface area (Å²) in [6.45, 7) is 0.622. The Bertz CT molecular complexity index is 766. The number of likely N-dealkylation sites (N-methyl/N-ethyl adjacent to an activating group) is 1. The molecule has 132 valence electrons. The predicted octanol–water partition coefficient (Wildman–Crippen LogP) is 1.86. The van der Waals surface area contributed by atoms with Crippen molar-refractivity contribution in [2.75, 3.05) is 26.0 Å². The average molecular weight is 341 g/mol. The first-order valence-electron chi connectivity index (χ1n) is 8.34. The minimum atomic E-state index is -0.353. The molecule has 1 saturated heterocycles. The van der Waals surface area contributed by atoms with Crippen molar-refractivity contribution in [1.29, 1.82) is 0 Å². The number of carbonyl (C=O) groups is 2. The first-order chi connectivity index (χ1) is 12.0. The van der Waals surface area contributed by atoms with Gasteiger partial charge in [0.1, 0.15) is 6.04 Å². The van der Waals surface area contributed by atoms with Gasteiger partial charge < -0.3 is 15.1 Å². The molecule has 3 rings (SSSR count). The first kappa shape index (κ1) is 17.0. The summed E-state index contributed by atoms with van der Waals surface area (Å²) in [7, 11) is 5.30. The van der Waals surface area contributed by atoms with Crippen molar-refractivity contribution in [3.05, 3.63) is 42.1 Å². The topological polar surface area (TPSA) is 70.5 Å². The quantitative estimate of drug-likeness (QED) is 0.921. The maximum Gasteiger partial charge on any atom is 0.254 e. The molecule has 2 amide bonds. The van der Waals surface area contributed by atoms with E-state index in [1.54, 1.807) is 40.7 Å². The number of aryl methyl sites for hydroxylation is 1. The molecule has 0 radical (unpaired) electrons. The van der Waals surface area contributed by atoms with E-state index in [0.717, 1.165) is 24.3 Å². The number of nitrogens with one attached hydrogen (secondary N) is 1. The van der Waals surface area contributed by atoms with Crippen LogP contribution in [0.2, 0.25) is 0 Å². The van der Waals surface area contributed by atoms with Crippen molar-refractivity contribution in [2.45, 2.75) is 18.9 Å². The number of amides is 2. The highest BCUT2D eigenvalue weighted by atomic mass is 16.2. The van der Waals surface area contributed by atoms with Crippen LogP contribution in [0.1, 0.15) is 23.2 Å². The normalized spacial score (nSPS) is 16.8. The van der Waals surface area contributed by atoms with Gasteiger partial charge in [0, 0.05) is 51.2 Å². The van der Waals surface area contributed by atoms with Gasteiger partial charge in [0.15, 0.2) is 5.82 Å². The SMILES string of the molecule is CN(C)C(=O)C1CCCN1C(=O)c1ccc(Nc2ccn(C)n2)cc1. The van der Waals surface area contributed by atoms with E-state index in [0.29, 0.717) is 12.1 Å². The Morgan fingerprint density at radius 1 is 1.20 bits per heavy atom. The number of rotatable bonds is 4. The largest absolute Gasteiger partial charge is 0.347 e. The summed E-state index contributed by atoms with van der Waals surface area (Å²) in [5.74, 6) is 0.638. The van der Waals surface area contributed by atoms with Gasteiger partial charge in [0.25, 0.3) is 5.91 Å². The number of hydrogen-bond acceptors (Lipinski definition) is 4. The number of benzene rings is 1. The lowest BCUT2D eigenvalue weighted by atomic mass is 10.1. The summed E-state index contributed by atoms with van der Waals surface area (Å²) in [5, 5.41) is 7.45. The summed E-state index contributed by atoms with van der Waals surface area (Å²) in [6.07, 6.45) is 3.44. The lowest BCUT2D eigenvalue weighted by molar-refractivity contribution is -0.132. The van der Waals surface area contributed by atoms with Crippen LogP contribution in [0.3, 0.4) is 0 Å². The molecule has 25 heavy (non-hydrogen) atoms. The van der Waals surface area contributed by atoms with Crippen LogP contribution in [0.5, 0.6) is 0 Å². The van der Waals surface area contributed by atoms with Crippen molar-refractivity contribution >= 4 is 23.3 Å². The molecule has 0 saturated carbocycles. The van der Waals surface area contributed by atoms with E-state index in [4.69, 9.17) is 0 Å². The van der Waals surface area contributed by atoms with E-state index in [2.05, 4.69) is 10.4 Å². The molecule has 1 aliphatic rings. The van der Waals surface area contributed by atoms with Gasteiger partial charge in [-0.1, -0.05) is 0 Å². The lowest BCUT2D eigenvalue weighted by Crippen LogP contribution is -2.45. The number of nitrogens with zero attached hydrogens (tertiary/aromatic N) is 4. The van der Waals surface area contributed by atoms with Crippen molar-refractivity contribution in [1.82, 2.24) is 19.6 Å². The molecule has 1 aromatic heterocycles. The number of carbonyl (C=O) groups excluding carboxylic acids is 2. The highest BCUT2D eigenvalue weighted by Crippen LogP contribution is 2.23. The number of aromatic nitrogens is 2. The van der Waals surface area contributed by atoms with Gasteiger partial charge in [0.05, 0.1) is 0 Å². The molecule has 1 aromatic carbocycles. The van der Waals surface area contributed by atoms with Crippen LogP contribution in [0.15, 0.2) is 36.5 Å². The van der Waals surface area contributed by atoms with Crippen LogP contribution < -0.4 is 5.32 Å². The zero-order valence-electron chi connectivity index (χ0n) is 14.8. The zero-order valence-corrected chi connectivity index (χ0v) is 14.8. The summed E-state index contributed by atoms with van der Waals surface area (Å²) < 4.78 is 1.72. The van der Waals surface area contributed by atoms with Crippen LogP contribution in [0.25, 0.3) is 0 Å². The molecule has 1 N–H and O–H groups in total. The van der Waals surface area contributed by atoms with Crippen molar-refractivity contribution in [3.63, 3.8) is 0 Å². The van der Waals surface area contributed by atoms with Gasteiger partial charge in [-0.25, -0.2) is 0 Å². The first-order valence-corrected chi connectivity index (χ1v) is 8.34. The second-order valence-corrected chi connectivity index (χ2v) is 6.47. The van der Waals surface area contributed by atoms with Crippen LogP contribution in [0, 0.1) is 0 Å². The van der Waals surface area contributed by atoms with Crippen LogP contribution in [0.4, 0.5) is 11.5 Å². The molecule has 2 heterocycles. The maximum atomic E-state index is 12.8. The Morgan fingerprint density at radius 3 is 2.52 bits per heavy atom. The summed E-state index contributed by atoms with van der Waals surface area (Å²) in [4.78, 5) is 28.3. The van der Waals surface area contributed by atoms with E-state index in [1.807, 2.05) is 31.4 Å². The molecular formula is C18H23N5O2. The lowest BCUT2D eigenvalue weighted by Gasteiger charge is -2.26. The zero-order chi connectivity index (χ0) is 18.0. The monoisotopic (exact) mass is 341 g/mol. The molecule has 1 fully saturated rings. The van der Waals surface area contributed by atoms with Gasteiger partial charge in [-0.15, -0.1) is 0 Å². The van der Waals surface area contributed by atoms with E-state index in [9.17, 15) is 9.59 Å². The third-order valence-electron chi connectivity index (χ3n) is 4.36. The van der Waals surface area contributed by atoms with E-state index in [1.165, 1.54) is 0 Å². The van der Waals surface area contributed by atoms with Crippen LogP contribution >= 0.6 is 0 Å². The molecule has 2 aromatic rings. The molecule has 0 aliphatic carbocycles. The molecule has 1 aliphatic heterocycles. The smallest absolute Gasteiger partial charge is 0.254 e. The fourth-order valence-electron chi connectivity index (χ4n) is 3.06. The molecule has 0 spiro atoms. The second-order valence-electron chi connectivity index (χ2n) is 6.47. The number of anilines is 2. The molecular weight excluding hydrogens is 318 g/mol. The van der Waals surface area contributed by atoms with Gasteiger partial charge in [0.2, 0.25) is 5.91 Å². The minimum Gasteiger partial charge on any atom is -0.347 e. The van der Waals surface area contributed by atoms with Crippen molar-refractivity contribution < 1.29 is 9.59 Å². The summed E-state index contributed by atoms with van der Waals surface area (Å²) in [6, 6.07) is 8.78. The van der Waals surface area contributed by atoms with Crippen LogP contribution in [-0.4, -0.2) is 58.1 Å². The Morgan fingerprint density at radius 2 is 1.92 bits per heavy atom. The van der Waals surface area contributed by atoms with Gasteiger partial charge in [-0.3, -0.25) is 14.3 Å². The fourth-order valence-corrected chi connectivity index (χ4v) is 3.06. The Kier molecular flexibility index (Phi) is 4.74. The van der Waals surface area contributed by atoms with E-state index >= 15 is 0 Å². The van der Waals surface area contributed by atoms with Gasteiger partial charge >= 0.3 is 0 Å². The third-order valence-corrected chi connectivity index (χ3v) is 4.36. The standard InChI is InChI=1S/C18H23N5O2/c1-21(2)18(25)15-5-4-11-23(15)17(24)13-6-8-14(9-7-13)19-16-10-12-22(3)20-16/h6-10,12,15H,4-5,11H2,1-3H3,(H,19,20). The van der Waals surface area contributed by atoms with E-state index in [-0.39, 0.29) is 17.9 Å². The fraction of sp³-hybridized carbons (Fsp3) is 0.389. The van der Waals surface area contributed by atoms with Crippen LogP contribution in [-0.2, 0) is 11.8 Å². The Labute approximate surface area is 147 Å². The molecule has 7 heteroatoms. The van der Waals surface area contributed by atoms with Gasteiger partial charge in [-0.05, 0) is 37.1 Å². The maximum absolute atomic E-state index is 12.8. The van der Waals surface area contributed by atoms with Crippen molar-refractivity contribution in [3.8, 4) is 0 Å². The Balaban J connectivity index is 1.71. The summed E-state index contributed by atoms with van der Waals surface area (Å²) >= 11 is 0. The molecule has 1 unspecified atom stereocenters. The third kappa shape index (κ3) is 3.65. The predicted molar refractivity (Wildman–Crippen MR) is 95.7 cm³/mol. The molecule has 0 bridgehead atoms. The average Bonchev–Trinajstić information content (AvgIpc) is 3.23. The molecule has 7 nitrogen and oxygen atoms in total. The number of hydrogen-bond donors (Lipinski definition) is 1. The molecule has 1 atom stereocenters. The highest BCUT2D eigenvalue weighted by Gasteiger charge is 2.35.